The molecule has 0 aliphatic heterocycles. The van der Waals surface area contributed by atoms with E-state index in [2.05, 4.69) is 31.5 Å². The van der Waals surface area contributed by atoms with Crippen LogP contribution in [0.25, 0.3) is 0 Å². The van der Waals surface area contributed by atoms with Gasteiger partial charge >= 0.3 is 0 Å². The van der Waals surface area contributed by atoms with Crippen molar-refractivity contribution in [1.29, 1.82) is 0 Å². The number of aromatic nitrogens is 1. The smallest absolute Gasteiger partial charge is 0.251 e. The number of methoxy groups -OCH3 is 1. The lowest BCUT2D eigenvalue weighted by atomic mass is 10.2. The van der Waals surface area contributed by atoms with Gasteiger partial charge in [0.25, 0.3) is 5.91 Å². The van der Waals surface area contributed by atoms with Crippen LogP contribution in [0.1, 0.15) is 35.7 Å². The van der Waals surface area contributed by atoms with Crippen LogP contribution in [-0.4, -0.2) is 37.1 Å². The Morgan fingerprint density at radius 1 is 1.18 bits per heavy atom. The Kier molecular flexibility index (Phi) is 8.74. The first-order chi connectivity index (χ1) is 13.5. The highest BCUT2D eigenvalue weighted by Crippen LogP contribution is 2.36. The van der Waals surface area contributed by atoms with E-state index in [1.165, 1.54) is 7.11 Å². The van der Waals surface area contributed by atoms with Crippen LogP contribution in [0.4, 0.5) is 0 Å². The molecule has 2 aromatic rings. The molecule has 2 rings (SSSR count). The van der Waals surface area contributed by atoms with Gasteiger partial charge < -0.3 is 20.1 Å². The molecule has 0 saturated heterocycles. The summed E-state index contributed by atoms with van der Waals surface area (Å²) in [6, 6.07) is 6.96. The summed E-state index contributed by atoms with van der Waals surface area (Å²) in [5, 5.41) is 5.55. The number of amides is 2. The third kappa shape index (κ3) is 6.53. The second kappa shape index (κ2) is 11.3. The largest absolute Gasteiger partial charge is 0.493 e. The highest BCUT2D eigenvalue weighted by Gasteiger charge is 2.15. The molecule has 150 valence electrons. The van der Waals surface area contributed by atoms with Gasteiger partial charge in [-0.1, -0.05) is 6.92 Å². The van der Waals surface area contributed by atoms with Crippen molar-refractivity contribution in [1.82, 2.24) is 15.6 Å². The number of carbonyl (C=O) groups is 2. The van der Waals surface area contributed by atoms with Crippen LogP contribution >= 0.6 is 15.9 Å². The average Bonchev–Trinajstić information content (AvgIpc) is 2.71. The zero-order chi connectivity index (χ0) is 20.4. The van der Waals surface area contributed by atoms with E-state index in [0.29, 0.717) is 34.7 Å². The number of nitrogens with one attached hydrogen (secondary N) is 2. The summed E-state index contributed by atoms with van der Waals surface area (Å²) in [7, 11) is 1.52. The number of pyridine rings is 1. The first-order valence-corrected chi connectivity index (χ1v) is 9.78. The molecule has 0 aliphatic carbocycles. The molecule has 7 nitrogen and oxygen atoms in total. The van der Waals surface area contributed by atoms with Gasteiger partial charge in [0.15, 0.2) is 11.5 Å². The summed E-state index contributed by atoms with van der Waals surface area (Å²) in [6.45, 7) is 3.22. The van der Waals surface area contributed by atoms with Crippen molar-refractivity contribution < 1.29 is 19.1 Å². The van der Waals surface area contributed by atoms with Gasteiger partial charge in [-0.25, -0.2) is 0 Å². The quantitative estimate of drug-likeness (QED) is 0.581. The summed E-state index contributed by atoms with van der Waals surface area (Å²) >= 11 is 3.42. The average molecular weight is 450 g/mol. The van der Waals surface area contributed by atoms with Crippen LogP contribution in [-0.2, 0) is 11.3 Å². The third-order valence-electron chi connectivity index (χ3n) is 3.82. The number of hydrogen-bond acceptors (Lipinski definition) is 5. The van der Waals surface area contributed by atoms with Gasteiger partial charge in [0.05, 0.1) is 18.2 Å². The Morgan fingerprint density at radius 3 is 2.61 bits per heavy atom. The fourth-order valence-electron chi connectivity index (χ4n) is 2.38. The van der Waals surface area contributed by atoms with Crippen molar-refractivity contribution in [2.24, 2.45) is 0 Å². The highest BCUT2D eigenvalue weighted by atomic mass is 79.9. The SMILES string of the molecule is CCCOc1c(Br)cc(C(=O)NCCC(=O)NCc2ccncc2)cc1OC. The molecular formula is C20H24BrN3O4. The molecule has 28 heavy (non-hydrogen) atoms. The Balaban J connectivity index is 1.85. The standard InChI is InChI=1S/C20H24BrN3O4/c1-3-10-28-19-16(21)11-15(12-17(19)27-2)20(26)23-9-6-18(25)24-13-14-4-7-22-8-5-14/h4-5,7-8,11-12H,3,6,9-10,13H2,1-2H3,(H,23,26)(H,24,25). The molecule has 8 heteroatoms. The fourth-order valence-corrected chi connectivity index (χ4v) is 2.93. The summed E-state index contributed by atoms with van der Waals surface area (Å²) in [4.78, 5) is 28.2. The lowest BCUT2D eigenvalue weighted by Crippen LogP contribution is -2.30. The molecule has 0 aliphatic rings. The second-order valence-corrected chi connectivity index (χ2v) is 6.83. The van der Waals surface area contributed by atoms with E-state index < -0.39 is 0 Å². The first kappa shape index (κ1) is 21.7. The Hall–Kier alpha value is -2.61. The number of benzene rings is 1. The number of rotatable bonds is 10. The molecule has 2 N–H and O–H groups in total. The van der Waals surface area contributed by atoms with Gasteiger partial charge in [0, 0.05) is 37.5 Å². The zero-order valence-corrected chi connectivity index (χ0v) is 17.5. The van der Waals surface area contributed by atoms with E-state index >= 15 is 0 Å². The minimum Gasteiger partial charge on any atom is -0.493 e. The van der Waals surface area contributed by atoms with E-state index in [0.717, 1.165) is 12.0 Å². The molecule has 2 amide bonds. The summed E-state index contributed by atoms with van der Waals surface area (Å²) < 4.78 is 11.6. The fraction of sp³-hybridized carbons (Fsp3) is 0.350. The van der Waals surface area contributed by atoms with Crippen LogP contribution in [0.15, 0.2) is 41.1 Å². The molecule has 1 aromatic heterocycles. The van der Waals surface area contributed by atoms with Crippen molar-refractivity contribution in [3.63, 3.8) is 0 Å². The van der Waals surface area contributed by atoms with Gasteiger partial charge in [-0.15, -0.1) is 0 Å². The highest BCUT2D eigenvalue weighted by molar-refractivity contribution is 9.10. The molecule has 1 heterocycles. The summed E-state index contributed by atoms with van der Waals surface area (Å²) in [6.07, 6.45) is 4.40. The molecule has 0 fully saturated rings. The molecule has 1 aromatic carbocycles. The number of ether oxygens (including phenoxy) is 2. The number of nitrogens with zero attached hydrogens (tertiary/aromatic N) is 1. The van der Waals surface area contributed by atoms with Gasteiger partial charge in [-0.2, -0.15) is 0 Å². The number of hydrogen-bond donors (Lipinski definition) is 2. The number of carbonyl (C=O) groups excluding carboxylic acids is 2. The molecule has 0 unspecified atom stereocenters. The first-order valence-electron chi connectivity index (χ1n) is 8.99. The third-order valence-corrected chi connectivity index (χ3v) is 4.41. The van der Waals surface area contributed by atoms with E-state index in [1.807, 2.05) is 19.1 Å². The predicted octanol–water partition coefficient (Wildman–Crippen LogP) is 3.08. The second-order valence-electron chi connectivity index (χ2n) is 5.98. The molecule has 0 spiro atoms. The van der Waals surface area contributed by atoms with Crippen LogP contribution < -0.4 is 20.1 Å². The molecule has 0 saturated carbocycles. The molecule has 0 bridgehead atoms. The maximum absolute atomic E-state index is 12.4. The van der Waals surface area contributed by atoms with Crippen molar-refractivity contribution in [3.05, 3.63) is 52.3 Å². The van der Waals surface area contributed by atoms with E-state index in [1.54, 1.807) is 24.5 Å². The van der Waals surface area contributed by atoms with Crippen molar-refractivity contribution >= 4 is 27.7 Å². The Labute approximate surface area is 173 Å². The molecule has 0 atom stereocenters. The Morgan fingerprint density at radius 2 is 1.93 bits per heavy atom. The number of halogens is 1. The minimum atomic E-state index is -0.289. The van der Waals surface area contributed by atoms with Crippen LogP contribution in [0.5, 0.6) is 11.5 Å². The van der Waals surface area contributed by atoms with E-state index in [9.17, 15) is 9.59 Å². The van der Waals surface area contributed by atoms with Crippen LogP contribution in [0, 0.1) is 0 Å². The van der Waals surface area contributed by atoms with E-state index in [4.69, 9.17) is 9.47 Å². The van der Waals surface area contributed by atoms with Crippen LogP contribution in [0.3, 0.4) is 0 Å². The van der Waals surface area contributed by atoms with Crippen molar-refractivity contribution in [2.45, 2.75) is 26.3 Å². The zero-order valence-electron chi connectivity index (χ0n) is 16.0. The summed E-state index contributed by atoms with van der Waals surface area (Å²) in [5.74, 6) is 0.613. The molecular weight excluding hydrogens is 426 g/mol. The minimum absolute atomic E-state index is 0.140. The maximum atomic E-state index is 12.4. The Bertz CT molecular complexity index is 800. The van der Waals surface area contributed by atoms with Crippen LogP contribution in [0.2, 0.25) is 0 Å². The van der Waals surface area contributed by atoms with Gasteiger partial charge in [0.2, 0.25) is 5.91 Å². The lowest BCUT2D eigenvalue weighted by molar-refractivity contribution is -0.121. The van der Waals surface area contributed by atoms with Gasteiger partial charge in [0.1, 0.15) is 0 Å². The predicted molar refractivity (Wildman–Crippen MR) is 110 cm³/mol. The topological polar surface area (TPSA) is 89.5 Å². The molecule has 0 radical (unpaired) electrons. The van der Waals surface area contributed by atoms with Crippen molar-refractivity contribution in [3.8, 4) is 11.5 Å². The summed E-state index contributed by atoms with van der Waals surface area (Å²) in [5.41, 5.74) is 1.39. The van der Waals surface area contributed by atoms with Crippen molar-refractivity contribution in [2.75, 3.05) is 20.3 Å². The lowest BCUT2D eigenvalue weighted by Gasteiger charge is -2.14. The monoisotopic (exact) mass is 449 g/mol. The maximum Gasteiger partial charge on any atom is 0.251 e. The van der Waals surface area contributed by atoms with Gasteiger partial charge in [-0.3, -0.25) is 14.6 Å². The normalized spacial score (nSPS) is 10.2. The van der Waals surface area contributed by atoms with Gasteiger partial charge in [-0.05, 0) is 52.2 Å². The van der Waals surface area contributed by atoms with E-state index in [-0.39, 0.29) is 24.8 Å².